The van der Waals surface area contributed by atoms with E-state index in [-0.39, 0.29) is 0 Å². The summed E-state index contributed by atoms with van der Waals surface area (Å²) in [6, 6.07) is 6.83. The molecular weight excluding hydrogens is 302 g/mol. The molecule has 0 saturated carbocycles. The Hall–Kier alpha value is -0.450. The van der Waals surface area contributed by atoms with E-state index in [9.17, 15) is 0 Å². The Labute approximate surface area is 124 Å². The van der Waals surface area contributed by atoms with Crippen molar-refractivity contribution < 1.29 is 0 Å². The topological polar surface area (TPSA) is 28.2 Å². The summed E-state index contributed by atoms with van der Waals surface area (Å²) < 4.78 is 0.911. The maximum Gasteiger partial charge on any atom is 0.106 e. The highest BCUT2D eigenvalue weighted by molar-refractivity contribution is 9.10. The van der Waals surface area contributed by atoms with Crippen molar-refractivity contribution in [3.8, 4) is 0 Å². The van der Waals surface area contributed by atoms with Crippen LogP contribution in [0.2, 0.25) is 0 Å². The quantitative estimate of drug-likeness (QED) is 0.643. The average molecular weight is 326 g/mol. The van der Waals surface area contributed by atoms with E-state index in [1.54, 1.807) is 0 Å². The van der Waals surface area contributed by atoms with Gasteiger partial charge in [0.2, 0.25) is 0 Å². The Morgan fingerprint density at radius 1 is 1.42 bits per heavy atom. The van der Waals surface area contributed by atoms with Gasteiger partial charge in [0.15, 0.2) is 0 Å². The number of hydrogen-bond donors (Lipinski definition) is 1. The molecule has 1 aliphatic heterocycles. The Morgan fingerprint density at radius 2 is 2.32 bits per heavy atom. The standard InChI is InChI=1S/C15H24BrN3/c1-13-6-2-3-10-19(13)11-5-9-17-12-14-7-4-8-15(16)18-14/h4,7-8,13,17H,2-3,5-6,9-12H2,1H3. The average Bonchev–Trinajstić information content (AvgIpc) is 2.40. The molecule has 0 spiro atoms. The molecule has 19 heavy (non-hydrogen) atoms. The van der Waals surface area contributed by atoms with Gasteiger partial charge in [-0.05, 0) is 73.9 Å². The molecule has 1 aromatic rings. The molecule has 0 aliphatic carbocycles. The summed E-state index contributed by atoms with van der Waals surface area (Å²) in [5.74, 6) is 0. The Bertz CT molecular complexity index is 383. The lowest BCUT2D eigenvalue weighted by molar-refractivity contribution is 0.159. The predicted molar refractivity (Wildman–Crippen MR) is 83.1 cm³/mol. The van der Waals surface area contributed by atoms with E-state index >= 15 is 0 Å². The summed E-state index contributed by atoms with van der Waals surface area (Å²) in [6.07, 6.45) is 5.37. The highest BCUT2D eigenvalue weighted by Crippen LogP contribution is 2.16. The second kappa shape index (κ2) is 7.98. The minimum Gasteiger partial charge on any atom is -0.311 e. The summed E-state index contributed by atoms with van der Waals surface area (Å²) in [7, 11) is 0. The number of rotatable bonds is 6. The lowest BCUT2D eigenvalue weighted by Gasteiger charge is -2.33. The largest absolute Gasteiger partial charge is 0.311 e. The SMILES string of the molecule is CC1CCCCN1CCCNCc1cccc(Br)n1. The van der Waals surface area contributed by atoms with Crippen molar-refractivity contribution in [3.05, 3.63) is 28.5 Å². The number of hydrogen-bond acceptors (Lipinski definition) is 3. The molecule has 0 aromatic carbocycles. The zero-order valence-corrected chi connectivity index (χ0v) is 13.3. The van der Waals surface area contributed by atoms with Crippen LogP contribution in [-0.2, 0) is 6.54 Å². The van der Waals surface area contributed by atoms with E-state index in [0.717, 1.165) is 29.4 Å². The number of piperidine rings is 1. The van der Waals surface area contributed by atoms with E-state index in [2.05, 4.69) is 44.1 Å². The fourth-order valence-corrected chi connectivity index (χ4v) is 3.04. The van der Waals surface area contributed by atoms with Gasteiger partial charge in [0, 0.05) is 12.6 Å². The van der Waals surface area contributed by atoms with Crippen LogP contribution in [0.4, 0.5) is 0 Å². The molecule has 1 unspecified atom stereocenters. The Kier molecular flexibility index (Phi) is 6.28. The van der Waals surface area contributed by atoms with Crippen LogP contribution in [0.3, 0.4) is 0 Å². The number of likely N-dealkylation sites (tertiary alicyclic amines) is 1. The molecule has 0 bridgehead atoms. The lowest BCUT2D eigenvalue weighted by Crippen LogP contribution is -2.38. The van der Waals surface area contributed by atoms with E-state index in [1.807, 2.05) is 12.1 Å². The molecule has 1 atom stereocenters. The molecule has 1 saturated heterocycles. The van der Waals surface area contributed by atoms with Crippen LogP contribution in [0.25, 0.3) is 0 Å². The molecule has 0 radical (unpaired) electrons. The molecule has 1 aromatic heterocycles. The monoisotopic (exact) mass is 325 g/mol. The summed E-state index contributed by atoms with van der Waals surface area (Å²) in [6.45, 7) is 6.79. The van der Waals surface area contributed by atoms with Crippen molar-refractivity contribution in [2.45, 2.75) is 45.2 Å². The van der Waals surface area contributed by atoms with Crippen molar-refractivity contribution >= 4 is 15.9 Å². The predicted octanol–water partition coefficient (Wildman–Crippen LogP) is 3.20. The summed E-state index contributed by atoms with van der Waals surface area (Å²) in [5.41, 5.74) is 1.10. The molecule has 1 fully saturated rings. The van der Waals surface area contributed by atoms with Crippen LogP contribution in [0.1, 0.15) is 38.3 Å². The van der Waals surface area contributed by atoms with E-state index in [0.29, 0.717) is 0 Å². The minimum atomic E-state index is 0.778. The summed E-state index contributed by atoms with van der Waals surface area (Å²) in [5, 5.41) is 3.47. The molecular formula is C15H24BrN3. The van der Waals surface area contributed by atoms with Gasteiger partial charge >= 0.3 is 0 Å². The molecule has 1 aliphatic rings. The first kappa shape index (κ1) is 14.9. The van der Waals surface area contributed by atoms with Crippen molar-refractivity contribution in [2.75, 3.05) is 19.6 Å². The van der Waals surface area contributed by atoms with Gasteiger partial charge in [-0.2, -0.15) is 0 Å². The number of halogens is 1. The lowest BCUT2D eigenvalue weighted by atomic mass is 10.0. The van der Waals surface area contributed by atoms with Crippen molar-refractivity contribution in [3.63, 3.8) is 0 Å². The highest BCUT2D eigenvalue weighted by Gasteiger charge is 2.16. The molecule has 4 heteroatoms. The Balaban J connectivity index is 1.59. The molecule has 0 amide bonds. The van der Waals surface area contributed by atoms with Crippen molar-refractivity contribution in [1.82, 2.24) is 15.2 Å². The van der Waals surface area contributed by atoms with Gasteiger partial charge in [-0.3, -0.25) is 0 Å². The first-order valence-corrected chi connectivity index (χ1v) is 8.11. The fourth-order valence-electron chi connectivity index (χ4n) is 2.66. The van der Waals surface area contributed by atoms with Gasteiger partial charge in [-0.15, -0.1) is 0 Å². The van der Waals surface area contributed by atoms with Gasteiger partial charge in [-0.1, -0.05) is 12.5 Å². The normalized spacial score (nSPS) is 20.6. The summed E-state index contributed by atoms with van der Waals surface area (Å²) in [4.78, 5) is 7.04. The number of nitrogens with one attached hydrogen (secondary N) is 1. The maximum atomic E-state index is 4.42. The second-order valence-corrected chi connectivity index (χ2v) is 6.18. The maximum absolute atomic E-state index is 4.42. The minimum absolute atomic E-state index is 0.778. The van der Waals surface area contributed by atoms with Gasteiger partial charge in [0.25, 0.3) is 0 Å². The molecule has 2 rings (SSSR count). The highest BCUT2D eigenvalue weighted by atomic mass is 79.9. The second-order valence-electron chi connectivity index (χ2n) is 5.36. The molecule has 3 nitrogen and oxygen atoms in total. The molecule has 2 heterocycles. The van der Waals surface area contributed by atoms with E-state index < -0.39 is 0 Å². The van der Waals surface area contributed by atoms with Crippen LogP contribution >= 0.6 is 15.9 Å². The van der Waals surface area contributed by atoms with Crippen LogP contribution in [0.5, 0.6) is 0 Å². The van der Waals surface area contributed by atoms with Gasteiger partial charge in [0.1, 0.15) is 4.60 Å². The van der Waals surface area contributed by atoms with Crippen molar-refractivity contribution in [1.29, 1.82) is 0 Å². The number of nitrogens with zero attached hydrogens (tertiary/aromatic N) is 2. The van der Waals surface area contributed by atoms with Crippen LogP contribution in [0.15, 0.2) is 22.8 Å². The third-order valence-electron chi connectivity index (χ3n) is 3.82. The van der Waals surface area contributed by atoms with Crippen molar-refractivity contribution in [2.24, 2.45) is 0 Å². The molecule has 1 N–H and O–H groups in total. The van der Waals surface area contributed by atoms with Gasteiger partial charge in [0.05, 0.1) is 5.69 Å². The van der Waals surface area contributed by atoms with Crippen LogP contribution in [0, 0.1) is 0 Å². The number of aromatic nitrogens is 1. The zero-order chi connectivity index (χ0) is 13.5. The summed E-state index contributed by atoms with van der Waals surface area (Å²) >= 11 is 3.40. The third kappa shape index (κ3) is 5.21. The zero-order valence-electron chi connectivity index (χ0n) is 11.7. The first-order chi connectivity index (χ1) is 9.25. The smallest absolute Gasteiger partial charge is 0.106 e. The first-order valence-electron chi connectivity index (χ1n) is 7.32. The van der Waals surface area contributed by atoms with Crippen LogP contribution in [-0.4, -0.2) is 35.6 Å². The van der Waals surface area contributed by atoms with Gasteiger partial charge < -0.3 is 10.2 Å². The fraction of sp³-hybridized carbons (Fsp3) is 0.667. The third-order valence-corrected chi connectivity index (χ3v) is 4.26. The van der Waals surface area contributed by atoms with Crippen LogP contribution < -0.4 is 5.32 Å². The number of pyridine rings is 1. The Morgan fingerprint density at radius 3 is 3.11 bits per heavy atom. The van der Waals surface area contributed by atoms with Gasteiger partial charge in [-0.25, -0.2) is 4.98 Å². The van der Waals surface area contributed by atoms with E-state index in [4.69, 9.17) is 0 Å². The molecule has 106 valence electrons. The van der Waals surface area contributed by atoms with E-state index in [1.165, 1.54) is 38.8 Å².